The summed E-state index contributed by atoms with van der Waals surface area (Å²) < 4.78 is 6.67. The maximum Gasteiger partial charge on any atom is 0.340 e. The predicted octanol–water partition coefficient (Wildman–Crippen LogP) is 2.99. The van der Waals surface area contributed by atoms with E-state index < -0.39 is 12.6 Å². The van der Waals surface area contributed by atoms with Crippen LogP contribution in [0, 0.1) is 0 Å². The van der Waals surface area contributed by atoms with Gasteiger partial charge in [0, 0.05) is 36.0 Å². The van der Waals surface area contributed by atoms with Gasteiger partial charge in [0.2, 0.25) is 5.91 Å². The summed E-state index contributed by atoms with van der Waals surface area (Å²) in [5.41, 5.74) is 1.11. The molecule has 3 aromatic rings. The van der Waals surface area contributed by atoms with Gasteiger partial charge in [-0.1, -0.05) is 6.07 Å². The van der Waals surface area contributed by atoms with Crippen molar-refractivity contribution in [2.45, 2.75) is 11.8 Å². The number of Topliss-reactive ketones (excluding diaryl/α,β-unsaturated/α-hetero) is 1. The van der Waals surface area contributed by atoms with Gasteiger partial charge in [-0.3, -0.25) is 9.59 Å². The highest BCUT2D eigenvalue weighted by Gasteiger charge is 2.14. The minimum atomic E-state index is -0.652. The van der Waals surface area contributed by atoms with E-state index in [1.54, 1.807) is 53.5 Å². The Balaban J connectivity index is 1.64. The lowest BCUT2D eigenvalue weighted by molar-refractivity contribution is -0.114. The number of ether oxygens (including phenoxy) is 1. The maximum atomic E-state index is 12.4. The monoisotopic (exact) mass is 410 g/mol. The minimum Gasteiger partial charge on any atom is -0.454 e. The van der Waals surface area contributed by atoms with Crippen molar-refractivity contribution in [2.24, 2.45) is 0 Å². The predicted molar refractivity (Wildman–Crippen MR) is 108 cm³/mol. The second kappa shape index (κ2) is 9.16. The molecule has 29 heavy (non-hydrogen) atoms. The Kier molecular flexibility index (Phi) is 6.40. The highest BCUT2D eigenvalue weighted by Crippen LogP contribution is 2.26. The number of nitrogens with zero attached hydrogens (tertiary/aromatic N) is 3. The summed E-state index contributed by atoms with van der Waals surface area (Å²) in [7, 11) is 0. The average Bonchev–Trinajstić information content (AvgIpc) is 3.26. The van der Waals surface area contributed by atoms with Gasteiger partial charge in [-0.05, 0) is 36.6 Å². The maximum absolute atomic E-state index is 12.4. The van der Waals surface area contributed by atoms with Crippen LogP contribution in [-0.2, 0) is 9.53 Å². The molecule has 0 aliphatic heterocycles. The molecule has 0 aliphatic rings. The molecule has 0 saturated heterocycles. The van der Waals surface area contributed by atoms with Gasteiger partial charge in [-0.15, -0.1) is 11.8 Å². The first-order valence-corrected chi connectivity index (χ1v) is 9.82. The molecule has 0 fully saturated rings. The second-order valence-corrected chi connectivity index (χ2v) is 6.80. The first kappa shape index (κ1) is 20.3. The Labute approximate surface area is 171 Å². The van der Waals surface area contributed by atoms with Gasteiger partial charge in [0.05, 0.1) is 11.3 Å². The van der Waals surface area contributed by atoms with E-state index in [0.717, 1.165) is 4.90 Å². The normalized spacial score (nSPS) is 10.4. The van der Waals surface area contributed by atoms with Gasteiger partial charge < -0.3 is 10.1 Å². The summed E-state index contributed by atoms with van der Waals surface area (Å²) in [6.45, 7) is 0.976. The number of amides is 1. The first-order valence-electron chi connectivity index (χ1n) is 8.60. The lowest BCUT2D eigenvalue weighted by Crippen LogP contribution is -2.15. The third-order valence-electron chi connectivity index (χ3n) is 3.89. The lowest BCUT2D eigenvalue weighted by atomic mass is 10.1. The number of hydrogen-bond donors (Lipinski definition) is 1. The summed E-state index contributed by atoms with van der Waals surface area (Å²) in [6, 6.07) is 9.89. The standard InChI is InChI=1S/C20H18N4O4S/c1-13(25)23-16-10-14(4-6-18(16)29-2)17(26)12-28-20(27)15-5-7-19(21-11-15)24-9-3-8-22-24/h3-11H,12H2,1-2H3,(H,23,25). The third-order valence-corrected chi connectivity index (χ3v) is 4.69. The van der Waals surface area contributed by atoms with Crippen molar-refractivity contribution in [3.05, 3.63) is 66.1 Å². The SMILES string of the molecule is CSc1ccc(C(=O)COC(=O)c2ccc(-n3cccn3)nc2)cc1NC(C)=O. The number of benzene rings is 1. The number of pyridine rings is 1. The molecule has 0 saturated carbocycles. The number of aromatic nitrogens is 3. The van der Waals surface area contributed by atoms with Crippen molar-refractivity contribution >= 4 is 35.1 Å². The molecule has 1 N–H and O–H groups in total. The van der Waals surface area contributed by atoms with E-state index in [4.69, 9.17) is 4.74 Å². The minimum absolute atomic E-state index is 0.227. The molecule has 0 radical (unpaired) electrons. The number of rotatable bonds is 7. The van der Waals surface area contributed by atoms with Crippen molar-refractivity contribution in [3.8, 4) is 5.82 Å². The van der Waals surface area contributed by atoms with E-state index >= 15 is 0 Å². The molecule has 0 unspecified atom stereocenters. The second-order valence-electron chi connectivity index (χ2n) is 5.95. The highest BCUT2D eigenvalue weighted by molar-refractivity contribution is 7.98. The van der Waals surface area contributed by atoms with Crippen LogP contribution in [-0.4, -0.2) is 45.3 Å². The van der Waals surface area contributed by atoms with Crippen LogP contribution < -0.4 is 5.32 Å². The Hall–Kier alpha value is -3.46. The van der Waals surface area contributed by atoms with Crippen LogP contribution in [0.5, 0.6) is 0 Å². The molecule has 0 atom stereocenters. The van der Waals surface area contributed by atoms with E-state index in [2.05, 4.69) is 15.4 Å². The number of esters is 1. The summed E-state index contributed by atoms with van der Waals surface area (Å²) in [6.07, 6.45) is 6.59. The zero-order valence-electron chi connectivity index (χ0n) is 15.8. The molecule has 2 aromatic heterocycles. The molecular weight excluding hydrogens is 392 g/mol. The van der Waals surface area contributed by atoms with Crippen molar-refractivity contribution < 1.29 is 19.1 Å². The molecule has 1 aromatic carbocycles. The Morgan fingerprint density at radius 2 is 1.97 bits per heavy atom. The van der Waals surface area contributed by atoms with Gasteiger partial charge in [0.15, 0.2) is 18.2 Å². The fourth-order valence-electron chi connectivity index (χ4n) is 2.51. The van der Waals surface area contributed by atoms with Crippen molar-refractivity contribution in [3.63, 3.8) is 0 Å². The average molecular weight is 410 g/mol. The van der Waals surface area contributed by atoms with Crippen LogP contribution in [0.25, 0.3) is 5.82 Å². The Morgan fingerprint density at radius 1 is 1.17 bits per heavy atom. The largest absolute Gasteiger partial charge is 0.454 e. The van der Waals surface area contributed by atoms with Crippen LogP contribution in [0.3, 0.4) is 0 Å². The van der Waals surface area contributed by atoms with Crippen molar-refractivity contribution in [2.75, 3.05) is 18.2 Å². The van der Waals surface area contributed by atoms with Gasteiger partial charge >= 0.3 is 5.97 Å². The first-order chi connectivity index (χ1) is 14.0. The topological polar surface area (TPSA) is 103 Å². The molecule has 0 aliphatic carbocycles. The van der Waals surface area contributed by atoms with Gasteiger partial charge in [0.25, 0.3) is 0 Å². The molecule has 8 nitrogen and oxygen atoms in total. The van der Waals surface area contributed by atoms with Crippen LogP contribution in [0.15, 0.2) is 59.9 Å². The van der Waals surface area contributed by atoms with Crippen LogP contribution in [0.4, 0.5) is 5.69 Å². The third kappa shape index (κ3) is 5.08. The summed E-state index contributed by atoms with van der Waals surface area (Å²) >= 11 is 1.45. The van der Waals surface area contributed by atoms with Crippen molar-refractivity contribution in [1.29, 1.82) is 0 Å². The van der Waals surface area contributed by atoms with E-state index in [0.29, 0.717) is 17.1 Å². The van der Waals surface area contributed by atoms with E-state index in [9.17, 15) is 14.4 Å². The lowest BCUT2D eigenvalue weighted by Gasteiger charge is -2.10. The van der Waals surface area contributed by atoms with Crippen LogP contribution in [0.2, 0.25) is 0 Å². The smallest absolute Gasteiger partial charge is 0.340 e. The fraction of sp³-hybridized carbons (Fsp3) is 0.150. The quantitative estimate of drug-likeness (QED) is 0.363. The van der Waals surface area contributed by atoms with Crippen LogP contribution >= 0.6 is 11.8 Å². The number of carbonyl (C=O) groups excluding carboxylic acids is 3. The molecular formula is C20H18N4O4S. The van der Waals surface area contributed by atoms with Gasteiger partial charge in [-0.25, -0.2) is 14.5 Å². The number of hydrogen-bond acceptors (Lipinski definition) is 7. The zero-order chi connectivity index (χ0) is 20.8. The number of nitrogens with one attached hydrogen (secondary N) is 1. The van der Waals surface area contributed by atoms with E-state index in [1.807, 2.05) is 6.26 Å². The van der Waals surface area contributed by atoms with Crippen molar-refractivity contribution in [1.82, 2.24) is 14.8 Å². The number of carbonyl (C=O) groups is 3. The number of thioether (sulfide) groups is 1. The number of anilines is 1. The molecule has 9 heteroatoms. The van der Waals surface area contributed by atoms with E-state index in [-0.39, 0.29) is 17.3 Å². The number of ketones is 1. The zero-order valence-corrected chi connectivity index (χ0v) is 16.6. The Morgan fingerprint density at radius 3 is 2.59 bits per heavy atom. The molecule has 3 rings (SSSR count). The summed E-state index contributed by atoms with van der Waals surface area (Å²) in [5.74, 6) is -0.705. The molecule has 1 amide bonds. The fourth-order valence-corrected chi connectivity index (χ4v) is 3.05. The van der Waals surface area contributed by atoms with Crippen LogP contribution in [0.1, 0.15) is 27.6 Å². The summed E-state index contributed by atoms with van der Waals surface area (Å²) in [4.78, 5) is 40.9. The Bertz CT molecular complexity index is 1030. The summed E-state index contributed by atoms with van der Waals surface area (Å²) in [5, 5.41) is 6.75. The molecule has 0 bridgehead atoms. The van der Waals surface area contributed by atoms with Gasteiger partial charge in [0.1, 0.15) is 0 Å². The molecule has 2 heterocycles. The molecule has 0 spiro atoms. The highest BCUT2D eigenvalue weighted by atomic mass is 32.2. The van der Waals surface area contributed by atoms with E-state index in [1.165, 1.54) is 24.9 Å². The molecule has 148 valence electrons. The van der Waals surface area contributed by atoms with Gasteiger partial charge in [-0.2, -0.15) is 5.10 Å².